The van der Waals surface area contributed by atoms with Crippen LogP contribution in [-0.2, 0) is 4.79 Å². The summed E-state index contributed by atoms with van der Waals surface area (Å²) in [6.45, 7) is 5.88. The van der Waals surface area contributed by atoms with Gasteiger partial charge in [0, 0.05) is 19.1 Å². The first-order valence-electron chi connectivity index (χ1n) is 7.29. The van der Waals surface area contributed by atoms with Gasteiger partial charge in [-0.1, -0.05) is 30.3 Å². The molecule has 124 valence electrons. The molecule has 0 saturated heterocycles. The van der Waals surface area contributed by atoms with E-state index in [-0.39, 0.29) is 12.5 Å². The van der Waals surface area contributed by atoms with Crippen LogP contribution in [0.5, 0.6) is 0 Å². The topological polar surface area (TPSA) is 41.1 Å². The number of hydrogen-bond donors (Lipinski definition) is 2. The second kappa shape index (κ2) is 7.63. The van der Waals surface area contributed by atoms with E-state index in [1.54, 1.807) is 51.1 Å². The van der Waals surface area contributed by atoms with Gasteiger partial charge in [-0.2, -0.15) is 13.2 Å². The molecule has 2 N–H and O–H groups in total. The van der Waals surface area contributed by atoms with Crippen LogP contribution >= 0.6 is 0 Å². The van der Waals surface area contributed by atoms with Gasteiger partial charge < -0.3 is 10.6 Å². The first-order chi connectivity index (χ1) is 10.2. The molecule has 0 aliphatic carbocycles. The minimum atomic E-state index is -4.27. The summed E-state index contributed by atoms with van der Waals surface area (Å²) in [4.78, 5) is 11.9. The Morgan fingerprint density at radius 1 is 1.18 bits per heavy atom. The van der Waals surface area contributed by atoms with E-state index < -0.39 is 24.1 Å². The maximum absolute atomic E-state index is 12.8. The van der Waals surface area contributed by atoms with E-state index >= 15 is 0 Å². The van der Waals surface area contributed by atoms with Crippen molar-refractivity contribution < 1.29 is 18.0 Å². The molecule has 0 fully saturated rings. The van der Waals surface area contributed by atoms with Gasteiger partial charge in [0.05, 0.1) is 11.8 Å². The maximum Gasteiger partial charge on any atom is 0.390 e. The highest BCUT2D eigenvalue weighted by atomic mass is 19.4. The standard InChI is InChI=1S/C16H23F3N2O/c1-4-20-14(22)15(2,3)11-21-13(10-16(17,18)19)12-8-6-5-7-9-12/h5-9,13,21H,4,10-11H2,1-3H3,(H,20,22). The normalized spacial score (nSPS) is 13.7. The third kappa shape index (κ3) is 6.05. The van der Waals surface area contributed by atoms with E-state index in [0.29, 0.717) is 12.1 Å². The zero-order chi connectivity index (χ0) is 16.8. The molecule has 1 unspecified atom stereocenters. The first kappa shape index (κ1) is 18.5. The van der Waals surface area contributed by atoms with E-state index in [4.69, 9.17) is 0 Å². The summed E-state index contributed by atoms with van der Waals surface area (Å²) >= 11 is 0. The number of halogens is 3. The molecule has 6 heteroatoms. The van der Waals surface area contributed by atoms with Crippen molar-refractivity contribution >= 4 is 5.91 Å². The van der Waals surface area contributed by atoms with Crippen LogP contribution < -0.4 is 10.6 Å². The van der Waals surface area contributed by atoms with Crippen LogP contribution in [0.1, 0.15) is 38.8 Å². The van der Waals surface area contributed by atoms with Gasteiger partial charge in [0.1, 0.15) is 0 Å². The number of rotatable bonds is 7. The van der Waals surface area contributed by atoms with Crippen LogP contribution in [0.15, 0.2) is 30.3 Å². The fraction of sp³-hybridized carbons (Fsp3) is 0.562. The van der Waals surface area contributed by atoms with Crippen molar-refractivity contribution in [2.24, 2.45) is 5.41 Å². The number of amides is 1. The molecule has 1 amide bonds. The summed E-state index contributed by atoms with van der Waals surface area (Å²) in [7, 11) is 0. The lowest BCUT2D eigenvalue weighted by Gasteiger charge is -2.28. The van der Waals surface area contributed by atoms with E-state index in [0.717, 1.165) is 0 Å². The SMILES string of the molecule is CCNC(=O)C(C)(C)CNC(CC(F)(F)F)c1ccccc1. The Balaban J connectivity index is 2.80. The van der Waals surface area contributed by atoms with E-state index in [9.17, 15) is 18.0 Å². The minimum absolute atomic E-state index is 0.161. The average Bonchev–Trinajstić information content (AvgIpc) is 2.43. The molecule has 0 bridgehead atoms. The smallest absolute Gasteiger partial charge is 0.356 e. The molecule has 0 aromatic heterocycles. The molecule has 0 spiro atoms. The van der Waals surface area contributed by atoms with Crippen LogP contribution in [0.4, 0.5) is 13.2 Å². The van der Waals surface area contributed by atoms with Crippen LogP contribution in [-0.4, -0.2) is 25.2 Å². The average molecular weight is 316 g/mol. The van der Waals surface area contributed by atoms with Gasteiger partial charge in [0.2, 0.25) is 5.91 Å². The Morgan fingerprint density at radius 3 is 2.27 bits per heavy atom. The monoisotopic (exact) mass is 316 g/mol. The zero-order valence-electron chi connectivity index (χ0n) is 13.1. The number of nitrogens with one attached hydrogen (secondary N) is 2. The minimum Gasteiger partial charge on any atom is -0.356 e. The number of alkyl halides is 3. The van der Waals surface area contributed by atoms with Gasteiger partial charge in [-0.3, -0.25) is 4.79 Å². The van der Waals surface area contributed by atoms with Gasteiger partial charge >= 0.3 is 6.18 Å². The third-order valence-corrected chi connectivity index (χ3v) is 3.38. The summed E-state index contributed by atoms with van der Waals surface area (Å²) in [6.07, 6.45) is -5.24. The lowest BCUT2D eigenvalue weighted by Crippen LogP contribution is -2.44. The lowest BCUT2D eigenvalue weighted by atomic mass is 9.91. The number of carbonyl (C=O) groups excluding carboxylic acids is 1. The lowest BCUT2D eigenvalue weighted by molar-refractivity contribution is -0.141. The van der Waals surface area contributed by atoms with Crippen LogP contribution in [0.25, 0.3) is 0 Å². The molecular formula is C16H23F3N2O. The largest absolute Gasteiger partial charge is 0.390 e. The summed E-state index contributed by atoms with van der Waals surface area (Å²) in [5, 5.41) is 5.59. The highest BCUT2D eigenvalue weighted by molar-refractivity contribution is 5.81. The Bertz CT molecular complexity index is 472. The van der Waals surface area contributed by atoms with Gasteiger partial charge in [-0.05, 0) is 26.3 Å². The number of benzene rings is 1. The molecule has 1 aromatic rings. The van der Waals surface area contributed by atoms with Crippen LogP contribution in [0, 0.1) is 5.41 Å². The molecule has 0 heterocycles. The van der Waals surface area contributed by atoms with Gasteiger partial charge in [-0.25, -0.2) is 0 Å². The van der Waals surface area contributed by atoms with E-state index in [1.807, 2.05) is 0 Å². The van der Waals surface area contributed by atoms with Crippen LogP contribution in [0.2, 0.25) is 0 Å². The van der Waals surface area contributed by atoms with E-state index in [2.05, 4.69) is 10.6 Å². The van der Waals surface area contributed by atoms with Crippen molar-refractivity contribution in [3.05, 3.63) is 35.9 Å². The Labute approximate surface area is 129 Å². The molecule has 1 aromatic carbocycles. The van der Waals surface area contributed by atoms with E-state index in [1.165, 1.54) is 0 Å². The third-order valence-electron chi connectivity index (χ3n) is 3.38. The zero-order valence-corrected chi connectivity index (χ0v) is 13.1. The number of carbonyl (C=O) groups is 1. The fourth-order valence-corrected chi connectivity index (χ4v) is 2.08. The van der Waals surface area contributed by atoms with Gasteiger partial charge in [0.15, 0.2) is 0 Å². The highest BCUT2D eigenvalue weighted by Crippen LogP contribution is 2.30. The maximum atomic E-state index is 12.8. The Kier molecular flexibility index (Phi) is 6.41. The number of hydrogen-bond acceptors (Lipinski definition) is 2. The van der Waals surface area contributed by atoms with Gasteiger partial charge in [0.25, 0.3) is 0 Å². The summed E-state index contributed by atoms with van der Waals surface area (Å²) in [5.74, 6) is -0.179. The van der Waals surface area contributed by atoms with Crippen molar-refractivity contribution in [2.45, 2.75) is 39.4 Å². The van der Waals surface area contributed by atoms with Crippen molar-refractivity contribution in [3.8, 4) is 0 Å². The Hall–Kier alpha value is -1.56. The molecule has 0 aliphatic heterocycles. The molecule has 3 nitrogen and oxygen atoms in total. The quantitative estimate of drug-likeness (QED) is 0.809. The summed E-state index contributed by atoms with van der Waals surface area (Å²) in [6, 6.07) is 7.61. The summed E-state index contributed by atoms with van der Waals surface area (Å²) < 4.78 is 38.3. The highest BCUT2D eigenvalue weighted by Gasteiger charge is 2.34. The summed E-state index contributed by atoms with van der Waals surface area (Å²) in [5.41, 5.74) is -0.221. The van der Waals surface area contributed by atoms with Crippen molar-refractivity contribution in [1.29, 1.82) is 0 Å². The molecule has 1 rings (SSSR count). The molecule has 0 saturated carbocycles. The predicted octanol–water partition coefficient (Wildman–Crippen LogP) is 3.43. The fourth-order valence-electron chi connectivity index (χ4n) is 2.08. The van der Waals surface area contributed by atoms with Crippen molar-refractivity contribution in [3.63, 3.8) is 0 Å². The molecule has 0 aliphatic rings. The predicted molar refractivity (Wildman–Crippen MR) is 80.3 cm³/mol. The molecule has 1 atom stereocenters. The second-order valence-electron chi connectivity index (χ2n) is 5.91. The molecular weight excluding hydrogens is 293 g/mol. The Morgan fingerprint density at radius 2 is 1.77 bits per heavy atom. The molecule has 22 heavy (non-hydrogen) atoms. The second-order valence-corrected chi connectivity index (χ2v) is 5.91. The van der Waals surface area contributed by atoms with Crippen molar-refractivity contribution in [2.75, 3.05) is 13.1 Å². The first-order valence-corrected chi connectivity index (χ1v) is 7.29. The van der Waals surface area contributed by atoms with Crippen molar-refractivity contribution in [1.82, 2.24) is 10.6 Å². The van der Waals surface area contributed by atoms with Gasteiger partial charge in [-0.15, -0.1) is 0 Å². The van der Waals surface area contributed by atoms with Crippen LogP contribution in [0.3, 0.4) is 0 Å². The molecule has 0 radical (unpaired) electrons.